The third-order valence-corrected chi connectivity index (χ3v) is 2.53. The molecule has 0 spiro atoms. The monoisotopic (exact) mass is 234 g/mol. The molecule has 0 unspecified atom stereocenters. The zero-order valence-electron chi connectivity index (χ0n) is 7.94. The number of carboxylic acids is 1. The van der Waals surface area contributed by atoms with Gasteiger partial charge in [-0.05, 0) is 12.3 Å². The predicted octanol–water partition coefficient (Wildman–Crippen LogP) is 2.83. The topological polar surface area (TPSA) is 37.3 Å². The number of hydrogen-bond acceptors (Lipinski definition) is 1. The van der Waals surface area contributed by atoms with Gasteiger partial charge in [0.2, 0.25) is 0 Å². The largest absolute Gasteiger partial charge is 0.478 e. The van der Waals surface area contributed by atoms with Crippen molar-refractivity contribution in [1.82, 2.24) is 0 Å². The SMILES string of the molecule is CC(=C(CBr)C(=O)O)C(C)(C)C. The minimum atomic E-state index is -0.834. The van der Waals surface area contributed by atoms with E-state index in [2.05, 4.69) is 15.9 Å². The second kappa shape index (κ2) is 4.08. The lowest BCUT2D eigenvalue weighted by Crippen LogP contribution is -2.14. The molecule has 0 atom stereocenters. The van der Waals surface area contributed by atoms with Crippen LogP contribution < -0.4 is 0 Å². The van der Waals surface area contributed by atoms with E-state index in [-0.39, 0.29) is 5.41 Å². The standard InChI is InChI=1S/C9H15BrO2/c1-6(9(2,3)4)7(5-10)8(11)12/h5H2,1-4H3,(H,11,12). The molecular formula is C9H15BrO2. The lowest BCUT2D eigenvalue weighted by Gasteiger charge is -2.21. The maximum Gasteiger partial charge on any atom is 0.332 e. The molecule has 0 aliphatic carbocycles. The maximum absolute atomic E-state index is 10.7. The van der Waals surface area contributed by atoms with Crippen molar-refractivity contribution in [3.05, 3.63) is 11.1 Å². The number of hydrogen-bond donors (Lipinski definition) is 1. The summed E-state index contributed by atoms with van der Waals surface area (Å²) in [6, 6.07) is 0. The molecule has 0 aromatic heterocycles. The summed E-state index contributed by atoms with van der Waals surface area (Å²) >= 11 is 3.17. The van der Waals surface area contributed by atoms with Gasteiger partial charge in [0.15, 0.2) is 0 Å². The molecule has 0 bridgehead atoms. The Morgan fingerprint density at radius 2 is 1.83 bits per heavy atom. The molecule has 0 rings (SSSR count). The van der Waals surface area contributed by atoms with Gasteiger partial charge >= 0.3 is 5.97 Å². The zero-order chi connectivity index (χ0) is 9.94. The lowest BCUT2D eigenvalue weighted by atomic mass is 9.85. The highest BCUT2D eigenvalue weighted by atomic mass is 79.9. The van der Waals surface area contributed by atoms with E-state index >= 15 is 0 Å². The molecule has 0 radical (unpaired) electrons. The summed E-state index contributed by atoms with van der Waals surface area (Å²) in [5.41, 5.74) is 1.32. The van der Waals surface area contributed by atoms with Crippen LogP contribution in [-0.4, -0.2) is 16.4 Å². The van der Waals surface area contributed by atoms with Gasteiger partial charge in [0.1, 0.15) is 0 Å². The van der Waals surface area contributed by atoms with Gasteiger partial charge in [0.05, 0.1) is 0 Å². The number of carboxylic acid groups (broad SMARTS) is 1. The molecule has 0 aliphatic heterocycles. The number of aliphatic carboxylic acids is 1. The Bertz CT molecular complexity index is 211. The van der Waals surface area contributed by atoms with Gasteiger partial charge in [-0.25, -0.2) is 4.79 Å². The van der Waals surface area contributed by atoms with Gasteiger partial charge in [-0.15, -0.1) is 0 Å². The van der Waals surface area contributed by atoms with Crippen LogP contribution in [0.1, 0.15) is 27.7 Å². The van der Waals surface area contributed by atoms with Crippen molar-refractivity contribution in [3.8, 4) is 0 Å². The predicted molar refractivity (Wildman–Crippen MR) is 53.6 cm³/mol. The molecule has 0 saturated heterocycles. The van der Waals surface area contributed by atoms with Crippen LogP contribution in [0.2, 0.25) is 0 Å². The first-order valence-electron chi connectivity index (χ1n) is 3.80. The quantitative estimate of drug-likeness (QED) is 0.590. The highest BCUT2D eigenvalue weighted by Crippen LogP contribution is 2.28. The molecule has 0 aromatic carbocycles. The first-order chi connectivity index (χ1) is 5.30. The summed E-state index contributed by atoms with van der Waals surface area (Å²) in [7, 11) is 0. The summed E-state index contributed by atoms with van der Waals surface area (Å²) in [4.78, 5) is 10.7. The summed E-state index contributed by atoms with van der Waals surface area (Å²) in [6.45, 7) is 7.89. The van der Waals surface area contributed by atoms with Crippen molar-refractivity contribution in [2.75, 3.05) is 5.33 Å². The molecule has 3 heteroatoms. The highest BCUT2D eigenvalue weighted by molar-refractivity contribution is 9.09. The van der Waals surface area contributed by atoms with Crippen molar-refractivity contribution in [2.45, 2.75) is 27.7 Å². The van der Waals surface area contributed by atoms with Gasteiger partial charge in [-0.1, -0.05) is 42.3 Å². The molecule has 0 amide bonds. The third kappa shape index (κ3) is 2.97. The fourth-order valence-electron chi connectivity index (χ4n) is 0.770. The van der Waals surface area contributed by atoms with E-state index in [9.17, 15) is 4.79 Å². The normalized spacial score (nSPS) is 14.1. The summed E-state index contributed by atoms with van der Waals surface area (Å²) in [5.74, 6) is -0.834. The third-order valence-electron chi connectivity index (χ3n) is 1.97. The van der Waals surface area contributed by atoms with Crippen LogP contribution >= 0.6 is 15.9 Å². The van der Waals surface area contributed by atoms with E-state index in [1.165, 1.54) is 0 Å². The van der Waals surface area contributed by atoms with Gasteiger partial charge < -0.3 is 5.11 Å². The molecule has 0 saturated carbocycles. The van der Waals surface area contributed by atoms with Gasteiger partial charge in [0, 0.05) is 10.9 Å². The Balaban J connectivity index is 4.99. The smallest absolute Gasteiger partial charge is 0.332 e. The molecule has 0 aromatic rings. The van der Waals surface area contributed by atoms with E-state index in [0.29, 0.717) is 10.9 Å². The molecule has 70 valence electrons. The molecule has 0 fully saturated rings. The molecule has 0 aliphatic rings. The van der Waals surface area contributed by atoms with Crippen molar-refractivity contribution in [1.29, 1.82) is 0 Å². The maximum atomic E-state index is 10.7. The number of carbonyl (C=O) groups is 1. The average Bonchev–Trinajstić information content (AvgIpc) is 1.86. The van der Waals surface area contributed by atoms with Crippen LogP contribution in [0, 0.1) is 5.41 Å². The van der Waals surface area contributed by atoms with Crippen molar-refractivity contribution < 1.29 is 9.90 Å². The van der Waals surface area contributed by atoms with Crippen LogP contribution in [0.25, 0.3) is 0 Å². The second-order valence-electron chi connectivity index (χ2n) is 3.79. The Labute approximate surface area is 81.8 Å². The van der Waals surface area contributed by atoms with Gasteiger partial charge in [-0.3, -0.25) is 0 Å². The second-order valence-corrected chi connectivity index (χ2v) is 4.35. The zero-order valence-corrected chi connectivity index (χ0v) is 9.53. The highest BCUT2D eigenvalue weighted by Gasteiger charge is 2.19. The van der Waals surface area contributed by atoms with Crippen LogP contribution in [0.4, 0.5) is 0 Å². The summed E-state index contributed by atoms with van der Waals surface area (Å²) in [5, 5.41) is 9.23. The minimum Gasteiger partial charge on any atom is -0.478 e. The van der Waals surface area contributed by atoms with Crippen LogP contribution in [0.15, 0.2) is 11.1 Å². The van der Waals surface area contributed by atoms with Crippen molar-refractivity contribution >= 4 is 21.9 Å². The fraction of sp³-hybridized carbons (Fsp3) is 0.667. The summed E-state index contributed by atoms with van der Waals surface area (Å²) < 4.78 is 0. The molecule has 0 heterocycles. The minimum absolute atomic E-state index is 0.0680. The van der Waals surface area contributed by atoms with E-state index in [1.807, 2.05) is 27.7 Å². The number of halogens is 1. The molecule has 1 N–H and O–H groups in total. The summed E-state index contributed by atoms with van der Waals surface area (Å²) in [6.07, 6.45) is 0. The number of allylic oxidation sites excluding steroid dienone is 1. The Morgan fingerprint density at radius 3 is 1.92 bits per heavy atom. The first-order valence-corrected chi connectivity index (χ1v) is 4.92. The number of rotatable bonds is 2. The van der Waals surface area contributed by atoms with E-state index in [0.717, 1.165) is 5.57 Å². The van der Waals surface area contributed by atoms with Crippen LogP contribution in [0.5, 0.6) is 0 Å². The lowest BCUT2D eigenvalue weighted by molar-refractivity contribution is -0.132. The molecule has 2 nitrogen and oxygen atoms in total. The van der Waals surface area contributed by atoms with Gasteiger partial charge in [-0.2, -0.15) is 0 Å². The van der Waals surface area contributed by atoms with E-state index < -0.39 is 5.97 Å². The van der Waals surface area contributed by atoms with E-state index in [1.54, 1.807) is 0 Å². The van der Waals surface area contributed by atoms with Crippen LogP contribution in [-0.2, 0) is 4.79 Å². The Kier molecular flexibility index (Phi) is 3.97. The van der Waals surface area contributed by atoms with Crippen LogP contribution in [0.3, 0.4) is 0 Å². The first kappa shape index (κ1) is 11.7. The fourth-order valence-corrected chi connectivity index (χ4v) is 1.43. The number of alkyl halides is 1. The average molecular weight is 235 g/mol. The molecular weight excluding hydrogens is 220 g/mol. The Hall–Kier alpha value is -0.310. The van der Waals surface area contributed by atoms with E-state index in [4.69, 9.17) is 5.11 Å². The Morgan fingerprint density at radius 1 is 1.42 bits per heavy atom. The van der Waals surface area contributed by atoms with Crippen molar-refractivity contribution in [2.24, 2.45) is 5.41 Å². The van der Waals surface area contributed by atoms with Gasteiger partial charge in [0.25, 0.3) is 0 Å². The molecule has 12 heavy (non-hydrogen) atoms. The van der Waals surface area contributed by atoms with Crippen molar-refractivity contribution in [3.63, 3.8) is 0 Å².